The molecule has 6 atom stereocenters. The summed E-state index contributed by atoms with van der Waals surface area (Å²) < 4.78 is 78.2. The summed E-state index contributed by atoms with van der Waals surface area (Å²) in [6.45, 7) is 0.457. The van der Waals surface area contributed by atoms with Crippen LogP contribution in [0.25, 0.3) is 0 Å². The summed E-state index contributed by atoms with van der Waals surface area (Å²) in [5, 5.41) is 6.83. The van der Waals surface area contributed by atoms with Crippen LogP contribution < -0.4 is 29.6 Å². The molecule has 434 valence electrons. The lowest BCUT2D eigenvalue weighted by Crippen LogP contribution is -2.55. The fraction of sp³-hybridized carbons (Fsp3) is 0.483. The molecule has 4 aromatic rings. The van der Waals surface area contributed by atoms with Gasteiger partial charge in [0.1, 0.15) is 0 Å². The number of carbonyl (C=O) groups is 6. The number of methoxy groups -OCH3 is 12. The van der Waals surface area contributed by atoms with E-state index in [1.807, 2.05) is 12.1 Å². The number of nitrogens with one attached hydrogen (secondary N) is 2. The molecule has 2 heterocycles. The average Bonchev–Trinajstić information content (AvgIpc) is 3.49. The number of hydrogen-bond donors (Lipinski definition) is 2. The molecule has 0 saturated carbocycles. The molecule has 6 unspecified atom stereocenters. The number of benzene rings is 4. The molecule has 6 rings (SSSR count). The van der Waals surface area contributed by atoms with Crippen molar-refractivity contribution in [3.63, 3.8) is 0 Å². The van der Waals surface area contributed by atoms with Crippen LogP contribution in [-0.2, 0) is 139 Å². The first-order valence-electron chi connectivity index (χ1n) is 25.6. The van der Waals surface area contributed by atoms with Gasteiger partial charge in [-0.2, -0.15) is 0 Å². The molecule has 0 aliphatic carbocycles. The van der Waals surface area contributed by atoms with Crippen molar-refractivity contribution in [1.29, 1.82) is 0 Å². The van der Waals surface area contributed by atoms with Crippen LogP contribution in [0.1, 0.15) is 55.6 Å². The molecule has 0 spiro atoms. The monoisotopic (exact) mass is 1120 g/mol. The van der Waals surface area contributed by atoms with Gasteiger partial charge in [0.25, 0.3) is 0 Å². The average molecular weight is 1120 g/mol. The molecule has 0 fully saturated rings. The fourth-order valence-electron chi connectivity index (χ4n) is 10.3. The smallest absolute Gasteiger partial charge is 0.419 e. The lowest BCUT2D eigenvalue weighted by molar-refractivity contribution is -0.193. The maximum absolute atomic E-state index is 15.1. The van der Waals surface area contributed by atoms with Crippen LogP contribution in [0.2, 0.25) is 0 Å². The highest BCUT2D eigenvalue weighted by Gasteiger charge is 2.47. The van der Waals surface area contributed by atoms with Crippen LogP contribution in [0.15, 0.2) is 60.7 Å². The van der Waals surface area contributed by atoms with Crippen LogP contribution in [0.3, 0.4) is 0 Å². The minimum atomic E-state index is -1.83. The Morgan fingerprint density at radius 2 is 0.713 bits per heavy atom. The Morgan fingerprint density at radius 1 is 0.412 bits per heavy atom. The van der Waals surface area contributed by atoms with E-state index in [0.29, 0.717) is 91.5 Å². The summed E-state index contributed by atoms with van der Waals surface area (Å²) >= 11 is 0. The third-order valence-electron chi connectivity index (χ3n) is 14.4. The molecule has 2 aliphatic heterocycles. The Morgan fingerprint density at radius 3 is 0.988 bits per heavy atom. The van der Waals surface area contributed by atoms with Crippen LogP contribution in [-0.4, -0.2) is 159 Å². The van der Waals surface area contributed by atoms with E-state index in [1.165, 1.54) is 85.3 Å². The normalized spacial score (nSPS) is 17.9. The summed E-state index contributed by atoms with van der Waals surface area (Å²) in [6.07, 6.45) is -3.75. The van der Waals surface area contributed by atoms with Gasteiger partial charge in [-0.25, -0.2) is 28.8 Å². The van der Waals surface area contributed by atoms with Gasteiger partial charge in [0, 0.05) is 91.2 Å². The Balaban J connectivity index is 1.54. The van der Waals surface area contributed by atoms with Crippen molar-refractivity contribution >= 4 is 35.8 Å². The van der Waals surface area contributed by atoms with E-state index in [2.05, 4.69) is 10.6 Å². The molecule has 2 aliphatic rings. The van der Waals surface area contributed by atoms with Crippen molar-refractivity contribution in [2.45, 2.75) is 87.2 Å². The van der Waals surface area contributed by atoms with E-state index in [0.717, 1.165) is 0 Å². The van der Waals surface area contributed by atoms with Gasteiger partial charge in [-0.3, -0.25) is 10.6 Å². The molecule has 0 radical (unpaired) electrons. The van der Waals surface area contributed by atoms with Crippen molar-refractivity contribution < 1.29 is 95.1 Å². The van der Waals surface area contributed by atoms with Crippen molar-refractivity contribution in [2.24, 2.45) is 0 Å². The molecule has 2 N–H and O–H groups in total. The third-order valence-corrected chi connectivity index (χ3v) is 14.4. The molecule has 22 heteroatoms. The number of esters is 6. The first-order chi connectivity index (χ1) is 38.5. The summed E-state index contributed by atoms with van der Waals surface area (Å²) in [5.41, 5.74) is 1.93. The van der Waals surface area contributed by atoms with Crippen LogP contribution in [0, 0.1) is 0 Å². The molecule has 4 aromatic carbocycles. The largest absolute Gasteiger partial charge is 0.493 e. The van der Waals surface area contributed by atoms with Gasteiger partial charge in [0.15, 0.2) is 58.9 Å². The maximum atomic E-state index is 15.1. The molecule has 0 saturated heterocycles. The van der Waals surface area contributed by atoms with Crippen molar-refractivity contribution in [1.82, 2.24) is 10.6 Å². The quantitative estimate of drug-likeness (QED) is 0.0518. The summed E-state index contributed by atoms with van der Waals surface area (Å²) in [5.74, 6) is -3.75. The predicted molar refractivity (Wildman–Crippen MR) is 284 cm³/mol. The number of fused-ring (bicyclic) bond motifs is 2. The van der Waals surface area contributed by atoms with Crippen LogP contribution in [0.5, 0.6) is 23.0 Å². The van der Waals surface area contributed by atoms with Gasteiger partial charge in [0.2, 0.25) is 0 Å². The first kappa shape index (κ1) is 61.9. The second-order valence-corrected chi connectivity index (χ2v) is 18.9. The Kier molecular flexibility index (Phi) is 21.8. The second-order valence-electron chi connectivity index (χ2n) is 18.9. The number of rotatable bonds is 26. The van der Waals surface area contributed by atoms with E-state index >= 15 is 9.59 Å². The highest BCUT2D eigenvalue weighted by atomic mass is 16.6. The van der Waals surface area contributed by atoms with E-state index < -0.39 is 71.7 Å². The van der Waals surface area contributed by atoms with Crippen molar-refractivity contribution in [2.75, 3.05) is 98.4 Å². The number of ether oxygens (including phenoxy) is 14. The fourth-order valence-corrected chi connectivity index (χ4v) is 10.3. The van der Waals surface area contributed by atoms with Gasteiger partial charge in [-0.1, -0.05) is 24.3 Å². The van der Waals surface area contributed by atoms with Crippen molar-refractivity contribution in [3.8, 4) is 23.0 Å². The first-order valence-corrected chi connectivity index (χ1v) is 25.6. The molecule has 0 amide bonds. The van der Waals surface area contributed by atoms with Gasteiger partial charge in [0.05, 0.1) is 56.9 Å². The number of hydrogen-bond acceptors (Lipinski definition) is 22. The minimum absolute atomic E-state index is 0.0263. The molecular formula is C58H72N2O20. The van der Waals surface area contributed by atoms with E-state index in [-0.39, 0.29) is 51.6 Å². The summed E-state index contributed by atoms with van der Waals surface area (Å²) in [4.78, 5) is 82.3. The molecule has 80 heavy (non-hydrogen) atoms. The molecular weight excluding hydrogens is 1040 g/mol. The standard InChI is InChI=1S/C58H72N2O20/c1-67-43-15-13-33(21-45(43)69-3)31-57(41-25-39(29-49(73-7)53(63)77-11)37(23-35(41)17-19-59-57)27-47(71-5)51(61)75-9)79-55(65)56(66)80-58(32-34-14-16-44(68-2)46(22-34)70-4)42-26-40(30-50(74-8)54(64)78-12)38(24-36(42)18-20-60-58)28-48(72-6)52(62)76-10/h13-16,21-26,47-50,59-60H,17-20,27-32H2,1-12H3. The van der Waals surface area contributed by atoms with Crippen LogP contribution in [0.4, 0.5) is 0 Å². The van der Waals surface area contributed by atoms with E-state index in [4.69, 9.17) is 66.3 Å². The lowest BCUT2D eigenvalue weighted by atomic mass is 9.82. The van der Waals surface area contributed by atoms with Gasteiger partial charge < -0.3 is 66.3 Å². The zero-order valence-corrected chi connectivity index (χ0v) is 47.3. The predicted octanol–water partition coefficient (Wildman–Crippen LogP) is 3.51. The summed E-state index contributed by atoms with van der Waals surface area (Å²) in [6, 6.07) is 17.6. The van der Waals surface area contributed by atoms with Gasteiger partial charge in [-0.15, -0.1) is 0 Å². The zero-order chi connectivity index (χ0) is 58.3. The highest BCUT2D eigenvalue weighted by Crippen LogP contribution is 2.41. The van der Waals surface area contributed by atoms with Crippen molar-refractivity contribution in [3.05, 3.63) is 116 Å². The zero-order valence-electron chi connectivity index (χ0n) is 47.3. The molecule has 0 bridgehead atoms. The second kappa shape index (κ2) is 28.2. The molecule has 0 aromatic heterocycles. The van der Waals surface area contributed by atoms with Crippen LogP contribution >= 0.6 is 0 Å². The van der Waals surface area contributed by atoms with E-state index in [1.54, 1.807) is 48.5 Å². The maximum Gasteiger partial charge on any atom is 0.419 e. The Labute approximate surface area is 465 Å². The van der Waals surface area contributed by atoms with Gasteiger partial charge in [-0.05, 0) is 93.7 Å². The van der Waals surface area contributed by atoms with Gasteiger partial charge >= 0.3 is 35.8 Å². The topological polar surface area (TPSA) is 256 Å². The SMILES string of the molecule is COC(=O)C(Cc1cc2c(cc1CC(OC)C(=O)OC)C(Cc1ccc(OC)c(OC)c1)(OC(=O)C(=O)OC1(Cc3ccc(OC)c(OC)c3)NCCc3cc(CC(OC)C(=O)OC)c(CC(OC)C(=O)OC)cc31)NCC2)OC. The minimum Gasteiger partial charge on any atom is -0.493 e. The van der Waals surface area contributed by atoms with E-state index in [9.17, 15) is 19.2 Å². The highest BCUT2D eigenvalue weighted by molar-refractivity contribution is 6.30. The Bertz CT molecular complexity index is 2680. The Hall–Kier alpha value is -7.34. The number of carbonyl (C=O) groups excluding carboxylic acids is 6. The third kappa shape index (κ3) is 14.0. The lowest BCUT2D eigenvalue weighted by Gasteiger charge is -2.42. The summed E-state index contributed by atoms with van der Waals surface area (Å²) in [7, 11) is 16.4. The molecule has 22 nitrogen and oxygen atoms in total.